The fourth-order valence-electron chi connectivity index (χ4n) is 2.05. The van der Waals surface area contributed by atoms with E-state index in [1.807, 2.05) is 6.07 Å². The van der Waals surface area contributed by atoms with Gasteiger partial charge >= 0.3 is 0 Å². The molecule has 0 amide bonds. The van der Waals surface area contributed by atoms with Crippen molar-refractivity contribution in [1.82, 2.24) is 0 Å². The Bertz CT molecular complexity index is 733. The topological polar surface area (TPSA) is 35.5 Å². The number of hydrogen-bond donors (Lipinski definition) is 0. The molecular weight excluding hydrogens is 470 g/mol. The molecule has 21 heavy (non-hydrogen) atoms. The van der Waals surface area contributed by atoms with Gasteiger partial charge in [-0.25, -0.2) is 0 Å². The summed E-state index contributed by atoms with van der Waals surface area (Å²) in [4.78, 5) is 12.7. The van der Waals surface area contributed by atoms with Gasteiger partial charge in [0.2, 0.25) is 0 Å². The highest BCUT2D eigenvalue weighted by Gasteiger charge is 2.21. The number of rotatable bonds is 2. The predicted octanol–water partition coefficient (Wildman–Crippen LogP) is 4.71. The number of ether oxygens (including phenoxy) is 2. The smallest absolute Gasteiger partial charge is 0.195 e. The summed E-state index contributed by atoms with van der Waals surface area (Å²) in [5.74, 6) is 1.13. The third-order valence-electron chi connectivity index (χ3n) is 3.05. The lowest BCUT2D eigenvalue weighted by atomic mass is 10.0. The minimum absolute atomic E-state index is 0.106. The maximum absolute atomic E-state index is 12.7. The van der Waals surface area contributed by atoms with E-state index in [2.05, 4.69) is 38.5 Å². The van der Waals surface area contributed by atoms with E-state index in [4.69, 9.17) is 21.1 Å². The molecular formula is C15H9BrClIO3. The molecule has 0 N–H and O–H groups in total. The zero-order valence-corrected chi connectivity index (χ0v) is 15.2. The summed E-state index contributed by atoms with van der Waals surface area (Å²) in [7, 11) is 0. The van der Waals surface area contributed by atoms with Gasteiger partial charge in [-0.05, 0) is 68.9 Å². The summed E-state index contributed by atoms with van der Waals surface area (Å²) >= 11 is 11.5. The zero-order valence-electron chi connectivity index (χ0n) is 10.7. The van der Waals surface area contributed by atoms with Crippen LogP contribution in [-0.2, 0) is 0 Å². The van der Waals surface area contributed by atoms with Crippen LogP contribution in [-0.4, -0.2) is 19.0 Å². The van der Waals surface area contributed by atoms with E-state index < -0.39 is 0 Å². The van der Waals surface area contributed by atoms with Crippen molar-refractivity contribution in [3.05, 3.63) is 54.5 Å². The van der Waals surface area contributed by atoms with E-state index in [1.54, 1.807) is 24.3 Å². The number of hydrogen-bond acceptors (Lipinski definition) is 3. The Morgan fingerprint density at radius 3 is 2.48 bits per heavy atom. The highest BCUT2D eigenvalue weighted by Crippen LogP contribution is 2.36. The van der Waals surface area contributed by atoms with Crippen molar-refractivity contribution in [1.29, 1.82) is 0 Å². The number of carbonyl (C=O) groups is 1. The Balaban J connectivity index is 2.07. The molecule has 2 aromatic rings. The summed E-state index contributed by atoms with van der Waals surface area (Å²) in [5, 5.41) is 0.535. The molecule has 0 saturated carbocycles. The number of carbonyl (C=O) groups excluding carboxylic acids is 1. The van der Waals surface area contributed by atoms with Crippen LogP contribution in [0.1, 0.15) is 15.9 Å². The van der Waals surface area contributed by atoms with Gasteiger partial charge in [-0.2, -0.15) is 0 Å². The number of ketones is 1. The van der Waals surface area contributed by atoms with Crippen molar-refractivity contribution in [3.8, 4) is 11.5 Å². The second kappa shape index (κ2) is 6.14. The molecule has 0 radical (unpaired) electrons. The summed E-state index contributed by atoms with van der Waals surface area (Å²) in [5.41, 5.74) is 1.10. The van der Waals surface area contributed by atoms with Crippen molar-refractivity contribution < 1.29 is 14.3 Å². The first-order chi connectivity index (χ1) is 10.1. The van der Waals surface area contributed by atoms with Gasteiger partial charge in [0.15, 0.2) is 17.3 Å². The van der Waals surface area contributed by atoms with E-state index in [0.717, 1.165) is 3.57 Å². The second-order valence-electron chi connectivity index (χ2n) is 4.43. The predicted molar refractivity (Wildman–Crippen MR) is 92.7 cm³/mol. The van der Waals surface area contributed by atoms with Gasteiger partial charge in [0.25, 0.3) is 0 Å². The highest BCUT2D eigenvalue weighted by molar-refractivity contribution is 14.1. The van der Waals surface area contributed by atoms with Crippen molar-refractivity contribution in [2.75, 3.05) is 13.2 Å². The number of fused-ring (bicyclic) bond motifs is 1. The van der Waals surface area contributed by atoms with Gasteiger partial charge in [0.05, 0.1) is 0 Å². The molecule has 0 fully saturated rings. The van der Waals surface area contributed by atoms with Crippen LogP contribution in [0.25, 0.3) is 0 Å². The monoisotopic (exact) mass is 478 g/mol. The van der Waals surface area contributed by atoms with Gasteiger partial charge in [-0.15, -0.1) is 0 Å². The Kier molecular flexibility index (Phi) is 4.42. The van der Waals surface area contributed by atoms with Gasteiger partial charge in [0.1, 0.15) is 13.2 Å². The van der Waals surface area contributed by atoms with Crippen LogP contribution < -0.4 is 9.47 Å². The fourth-order valence-corrected chi connectivity index (χ4v) is 3.31. The lowest BCUT2D eigenvalue weighted by Crippen LogP contribution is -2.16. The summed E-state index contributed by atoms with van der Waals surface area (Å²) in [6.07, 6.45) is 0. The molecule has 3 rings (SSSR count). The van der Waals surface area contributed by atoms with Crippen LogP contribution in [0, 0.1) is 3.57 Å². The Morgan fingerprint density at radius 2 is 1.76 bits per heavy atom. The Labute approximate surface area is 148 Å². The molecule has 0 unspecified atom stereocenters. The van der Waals surface area contributed by atoms with Crippen LogP contribution in [0.5, 0.6) is 11.5 Å². The third-order valence-corrected chi connectivity index (χ3v) is 4.88. The molecule has 0 atom stereocenters. The molecule has 0 saturated heterocycles. The standard InChI is InChI=1S/C15H9BrClIO3/c16-11-7-14-13(20-3-4-21-14)6-9(11)15(19)10-5-8(17)1-2-12(10)18/h1-2,5-7H,3-4H2. The van der Waals surface area contributed by atoms with Gasteiger partial charge < -0.3 is 9.47 Å². The average molecular weight is 479 g/mol. The first-order valence-electron chi connectivity index (χ1n) is 6.15. The molecule has 0 bridgehead atoms. The molecule has 0 aliphatic carbocycles. The summed E-state index contributed by atoms with van der Waals surface area (Å²) < 4.78 is 12.6. The minimum atomic E-state index is -0.106. The minimum Gasteiger partial charge on any atom is -0.486 e. The zero-order chi connectivity index (χ0) is 15.0. The van der Waals surface area contributed by atoms with E-state index >= 15 is 0 Å². The largest absolute Gasteiger partial charge is 0.486 e. The Hall–Kier alpha value is -0.790. The number of benzene rings is 2. The van der Waals surface area contributed by atoms with E-state index in [1.165, 1.54) is 0 Å². The van der Waals surface area contributed by atoms with Gasteiger partial charge in [0, 0.05) is 24.2 Å². The maximum Gasteiger partial charge on any atom is 0.195 e. The van der Waals surface area contributed by atoms with Crippen molar-refractivity contribution >= 4 is 55.9 Å². The van der Waals surface area contributed by atoms with Crippen molar-refractivity contribution in [3.63, 3.8) is 0 Å². The van der Waals surface area contributed by atoms with Crippen LogP contribution in [0.15, 0.2) is 34.8 Å². The van der Waals surface area contributed by atoms with Gasteiger partial charge in [-0.1, -0.05) is 11.6 Å². The van der Waals surface area contributed by atoms with Crippen molar-refractivity contribution in [2.45, 2.75) is 0 Å². The molecule has 3 nitrogen and oxygen atoms in total. The maximum atomic E-state index is 12.7. The molecule has 1 aliphatic heterocycles. The van der Waals surface area contributed by atoms with E-state index in [9.17, 15) is 4.79 Å². The van der Waals surface area contributed by atoms with Gasteiger partial charge in [-0.3, -0.25) is 4.79 Å². The van der Waals surface area contributed by atoms with Crippen molar-refractivity contribution in [2.24, 2.45) is 0 Å². The average Bonchev–Trinajstić information content (AvgIpc) is 2.48. The Morgan fingerprint density at radius 1 is 1.10 bits per heavy atom. The highest BCUT2D eigenvalue weighted by atomic mass is 127. The summed E-state index contributed by atoms with van der Waals surface area (Å²) in [6, 6.07) is 8.73. The second-order valence-corrected chi connectivity index (χ2v) is 6.88. The van der Waals surface area contributed by atoms with Crippen LogP contribution in [0.2, 0.25) is 5.02 Å². The lowest BCUT2D eigenvalue weighted by molar-refractivity contribution is 0.103. The molecule has 1 heterocycles. The molecule has 2 aromatic carbocycles. The van der Waals surface area contributed by atoms with E-state index in [0.29, 0.717) is 45.3 Å². The van der Waals surface area contributed by atoms with Crippen LogP contribution in [0.3, 0.4) is 0 Å². The molecule has 1 aliphatic rings. The third kappa shape index (κ3) is 3.05. The van der Waals surface area contributed by atoms with Crippen LogP contribution >= 0.6 is 50.1 Å². The SMILES string of the molecule is O=C(c1cc2c(cc1Br)OCCO2)c1cc(Cl)ccc1I. The molecule has 0 aromatic heterocycles. The molecule has 6 heteroatoms. The molecule has 108 valence electrons. The first kappa shape index (κ1) is 15.1. The normalized spacial score (nSPS) is 13.1. The lowest BCUT2D eigenvalue weighted by Gasteiger charge is -2.19. The van der Waals surface area contributed by atoms with Crippen LogP contribution in [0.4, 0.5) is 0 Å². The number of halogens is 3. The fraction of sp³-hybridized carbons (Fsp3) is 0.133. The first-order valence-corrected chi connectivity index (χ1v) is 8.40. The quantitative estimate of drug-likeness (QED) is 0.463. The summed E-state index contributed by atoms with van der Waals surface area (Å²) in [6.45, 7) is 0.996. The molecule has 0 spiro atoms. The van der Waals surface area contributed by atoms with E-state index in [-0.39, 0.29) is 5.78 Å².